The molecule has 3 aromatic rings. The van der Waals surface area contributed by atoms with Gasteiger partial charge < -0.3 is 14.6 Å². The van der Waals surface area contributed by atoms with Crippen LogP contribution in [0.2, 0.25) is 0 Å². The van der Waals surface area contributed by atoms with Crippen LogP contribution in [0.5, 0.6) is 5.75 Å². The van der Waals surface area contributed by atoms with Crippen LogP contribution in [-0.2, 0) is 11.3 Å². The maximum absolute atomic E-state index is 12.3. The summed E-state index contributed by atoms with van der Waals surface area (Å²) < 4.78 is 8.43. The van der Waals surface area contributed by atoms with Crippen molar-refractivity contribution in [1.82, 2.24) is 14.9 Å². The number of amides is 1. The second kappa shape index (κ2) is 9.76. The van der Waals surface area contributed by atoms with E-state index in [9.17, 15) is 4.79 Å². The van der Waals surface area contributed by atoms with Crippen molar-refractivity contribution in [2.75, 3.05) is 6.61 Å². The fraction of sp³-hybridized carbons (Fsp3) is 0.481. The van der Waals surface area contributed by atoms with Gasteiger partial charge in [0.05, 0.1) is 23.7 Å². The summed E-state index contributed by atoms with van der Waals surface area (Å²) in [5.74, 6) is 2.73. The van der Waals surface area contributed by atoms with Gasteiger partial charge >= 0.3 is 0 Å². The van der Waals surface area contributed by atoms with E-state index < -0.39 is 0 Å². The monoisotopic (exact) mass is 433 g/mol. The van der Waals surface area contributed by atoms with Crippen molar-refractivity contribution >= 4 is 16.9 Å². The Hall–Kier alpha value is -2.82. The number of carbonyl (C=O) groups is 1. The van der Waals surface area contributed by atoms with Crippen molar-refractivity contribution in [1.29, 1.82) is 0 Å². The number of aryl methyl sites for hydroxylation is 2. The van der Waals surface area contributed by atoms with Gasteiger partial charge in [-0.05, 0) is 74.8 Å². The van der Waals surface area contributed by atoms with Crippen LogP contribution in [-0.4, -0.2) is 22.1 Å². The first-order valence-corrected chi connectivity index (χ1v) is 11.9. The number of aromatic nitrogens is 2. The molecule has 1 aliphatic carbocycles. The molecule has 0 bridgehead atoms. The molecule has 170 valence electrons. The van der Waals surface area contributed by atoms with Gasteiger partial charge in [0.15, 0.2) is 0 Å². The van der Waals surface area contributed by atoms with Gasteiger partial charge in [-0.3, -0.25) is 4.79 Å². The van der Waals surface area contributed by atoms with E-state index in [1.165, 1.54) is 11.1 Å². The molecule has 0 spiro atoms. The maximum atomic E-state index is 12.3. The lowest BCUT2D eigenvalue weighted by Crippen LogP contribution is -2.29. The van der Waals surface area contributed by atoms with Crippen molar-refractivity contribution in [3.8, 4) is 5.75 Å². The van der Waals surface area contributed by atoms with E-state index in [1.54, 1.807) is 0 Å². The van der Waals surface area contributed by atoms with Gasteiger partial charge in [-0.2, -0.15) is 0 Å². The molecule has 1 unspecified atom stereocenters. The topological polar surface area (TPSA) is 56.1 Å². The predicted molar refractivity (Wildman–Crippen MR) is 129 cm³/mol. The number of carbonyl (C=O) groups excluding carboxylic acids is 1. The molecule has 1 saturated carbocycles. The van der Waals surface area contributed by atoms with Crippen LogP contribution < -0.4 is 10.1 Å². The standard InChI is InChI=1S/C27H35N3O2/c1-18(2)22-14-11-19(3)17-25(22)32-16-8-7-15-30-24-10-6-5-9-23(24)29-26(30)20(4)28-27(31)21-12-13-21/h5-6,9-11,14,17-18,20-21H,7-8,12-13,15-16H2,1-4H3,(H,28,31). The fourth-order valence-corrected chi connectivity index (χ4v) is 4.20. The highest BCUT2D eigenvalue weighted by Crippen LogP contribution is 2.30. The van der Waals surface area contributed by atoms with Crippen molar-refractivity contribution in [3.63, 3.8) is 0 Å². The first-order chi connectivity index (χ1) is 15.4. The average molecular weight is 434 g/mol. The number of hydrogen-bond acceptors (Lipinski definition) is 3. The Balaban J connectivity index is 1.40. The summed E-state index contributed by atoms with van der Waals surface area (Å²) in [7, 11) is 0. The molecule has 1 N–H and O–H groups in total. The molecule has 1 aliphatic rings. The molecule has 5 nitrogen and oxygen atoms in total. The van der Waals surface area contributed by atoms with E-state index in [-0.39, 0.29) is 17.9 Å². The van der Waals surface area contributed by atoms with Gasteiger partial charge in [-0.25, -0.2) is 4.98 Å². The second-order valence-electron chi connectivity index (χ2n) is 9.37. The van der Waals surface area contributed by atoms with Crippen LogP contribution >= 0.6 is 0 Å². The van der Waals surface area contributed by atoms with Crippen LogP contribution in [0, 0.1) is 12.8 Å². The summed E-state index contributed by atoms with van der Waals surface area (Å²) in [6.45, 7) is 10.1. The zero-order valence-electron chi connectivity index (χ0n) is 19.7. The van der Waals surface area contributed by atoms with Gasteiger partial charge in [-0.15, -0.1) is 0 Å². The Bertz CT molecular complexity index is 1080. The molecule has 2 aromatic carbocycles. The lowest BCUT2D eigenvalue weighted by Gasteiger charge is -2.17. The van der Waals surface area contributed by atoms with Crippen LogP contribution in [0.25, 0.3) is 11.0 Å². The third-order valence-electron chi connectivity index (χ3n) is 6.20. The molecular formula is C27H35N3O2. The SMILES string of the molecule is Cc1ccc(C(C)C)c(OCCCCn2c(C(C)NC(=O)C3CC3)nc3ccccc32)c1. The molecule has 0 saturated heterocycles. The molecule has 5 heteroatoms. The van der Waals surface area contributed by atoms with Crippen LogP contribution in [0.1, 0.15) is 75.4 Å². The summed E-state index contributed by atoms with van der Waals surface area (Å²) >= 11 is 0. The number of ether oxygens (including phenoxy) is 1. The third-order valence-corrected chi connectivity index (χ3v) is 6.20. The van der Waals surface area contributed by atoms with Crippen molar-refractivity contribution in [2.24, 2.45) is 5.92 Å². The molecule has 0 radical (unpaired) electrons. The lowest BCUT2D eigenvalue weighted by molar-refractivity contribution is -0.123. The first kappa shape index (κ1) is 22.4. The molecule has 4 rings (SSSR count). The smallest absolute Gasteiger partial charge is 0.223 e. The van der Waals surface area contributed by atoms with Crippen LogP contribution in [0.4, 0.5) is 0 Å². The number of nitrogens with one attached hydrogen (secondary N) is 1. The Morgan fingerprint density at radius 2 is 1.94 bits per heavy atom. The second-order valence-corrected chi connectivity index (χ2v) is 9.37. The number of hydrogen-bond donors (Lipinski definition) is 1. The minimum Gasteiger partial charge on any atom is -0.493 e. The zero-order valence-corrected chi connectivity index (χ0v) is 19.7. The molecule has 32 heavy (non-hydrogen) atoms. The summed E-state index contributed by atoms with van der Waals surface area (Å²) in [6, 6.07) is 14.6. The van der Waals surface area contributed by atoms with E-state index >= 15 is 0 Å². The minimum absolute atomic E-state index is 0.104. The Morgan fingerprint density at radius 1 is 1.16 bits per heavy atom. The van der Waals surface area contributed by atoms with Crippen molar-refractivity contribution in [2.45, 2.75) is 71.9 Å². The molecule has 1 atom stereocenters. The highest BCUT2D eigenvalue weighted by Gasteiger charge is 2.31. The number of imidazole rings is 1. The van der Waals surface area contributed by atoms with Crippen LogP contribution in [0.15, 0.2) is 42.5 Å². The van der Waals surface area contributed by atoms with Gasteiger partial charge in [-0.1, -0.05) is 38.1 Å². The Morgan fingerprint density at radius 3 is 2.69 bits per heavy atom. The van der Waals surface area contributed by atoms with Gasteiger partial charge in [0, 0.05) is 12.5 Å². The summed E-state index contributed by atoms with van der Waals surface area (Å²) in [4.78, 5) is 17.1. The zero-order chi connectivity index (χ0) is 22.7. The summed E-state index contributed by atoms with van der Waals surface area (Å²) in [6.07, 6.45) is 3.96. The molecule has 1 fully saturated rings. The predicted octanol–water partition coefficient (Wildman–Crippen LogP) is 5.91. The lowest BCUT2D eigenvalue weighted by atomic mass is 10.0. The average Bonchev–Trinajstić information content (AvgIpc) is 3.55. The van der Waals surface area contributed by atoms with Crippen LogP contribution in [0.3, 0.4) is 0 Å². The number of rotatable bonds is 10. The Kier molecular flexibility index (Phi) is 6.83. The molecule has 1 amide bonds. The van der Waals surface area contributed by atoms with E-state index in [4.69, 9.17) is 9.72 Å². The summed E-state index contributed by atoms with van der Waals surface area (Å²) in [5.41, 5.74) is 4.59. The fourth-order valence-electron chi connectivity index (χ4n) is 4.20. The number of para-hydroxylation sites is 2. The minimum atomic E-state index is -0.104. The third kappa shape index (κ3) is 5.14. The summed E-state index contributed by atoms with van der Waals surface area (Å²) in [5, 5.41) is 3.16. The van der Waals surface area contributed by atoms with E-state index in [1.807, 2.05) is 25.1 Å². The van der Waals surface area contributed by atoms with Crippen molar-refractivity contribution in [3.05, 3.63) is 59.4 Å². The van der Waals surface area contributed by atoms with Gasteiger partial charge in [0.1, 0.15) is 11.6 Å². The molecule has 0 aliphatic heterocycles. The quantitative estimate of drug-likeness (QED) is 0.404. The van der Waals surface area contributed by atoms with E-state index in [2.05, 4.69) is 54.9 Å². The van der Waals surface area contributed by atoms with E-state index in [0.717, 1.165) is 54.8 Å². The van der Waals surface area contributed by atoms with Gasteiger partial charge in [0.25, 0.3) is 0 Å². The van der Waals surface area contributed by atoms with Crippen molar-refractivity contribution < 1.29 is 9.53 Å². The molecule has 1 heterocycles. The highest BCUT2D eigenvalue weighted by atomic mass is 16.5. The normalized spacial score (nSPS) is 14.7. The largest absolute Gasteiger partial charge is 0.493 e. The number of nitrogens with zero attached hydrogens (tertiary/aromatic N) is 2. The highest BCUT2D eigenvalue weighted by molar-refractivity contribution is 5.81. The van der Waals surface area contributed by atoms with Gasteiger partial charge in [0.2, 0.25) is 5.91 Å². The van der Waals surface area contributed by atoms with E-state index in [0.29, 0.717) is 12.5 Å². The Labute approximate surface area is 191 Å². The first-order valence-electron chi connectivity index (χ1n) is 11.9. The maximum Gasteiger partial charge on any atom is 0.223 e. The molecular weight excluding hydrogens is 398 g/mol. The number of unbranched alkanes of at least 4 members (excludes halogenated alkanes) is 1. The molecule has 1 aromatic heterocycles. The number of fused-ring (bicyclic) bond motifs is 1. The number of benzene rings is 2.